The SMILES string of the molecule is Cc1cc(C(=O)NCC(=O)O)c2c(C)nn(C)c2n1. The second-order valence-corrected chi connectivity index (χ2v) is 4.30. The van der Waals surface area contributed by atoms with Crippen LogP contribution in [0.15, 0.2) is 6.07 Å². The summed E-state index contributed by atoms with van der Waals surface area (Å²) in [6.07, 6.45) is 0. The van der Waals surface area contributed by atoms with Gasteiger partial charge in [-0.1, -0.05) is 0 Å². The number of aromatic nitrogens is 3. The molecule has 0 aliphatic rings. The van der Waals surface area contributed by atoms with Crippen molar-refractivity contribution in [2.45, 2.75) is 13.8 Å². The summed E-state index contributed by atoms with van der Waals surface area (Å²) in [6.45, 7) is 3.14. The Bertz CT molecular complexity index is 675. The lowest BCUT2D eigenvalue weighted by Crippen LogP contribution is -2.29. The molecule has 0 fully saturated rings. The van der Waals surface area contributed by atoms with Crippen LogP contribution < -0.4 is 5.32 Å². The molecule has 2 aromatic heterocycles. The second kappa shape index (κ2) is 4.68. The minimum atomic E-state index is -1.08. The van der Waals surface area contributed by atoms with Gasteiger partial charge in [0.25, 0.3) is 5.91 Å². The Balaban J connectivity index is 2.53. The van der Waals surface area contributed by atoms with Crippen LogP contribution in [0.3, 0.4) is 0 Å². The quantitative estimate of drug-likeness (QED) is 0.834. The highest BCUT2D eigenvalue weighted by molar-refractivity contribution is 6.07. The molecule has 2 N–H and O–H groups in total. The Hall–Kier alpha value is -2.44. The molecule has 0 bridgehead atoms. The number of carboxylic acid groups (broad SMARTS) is 1. The maximum atomic E-state index is 12.0. The number of carbonyl (C=O) groups is 2. The number of amides is 1. The molecule has 0 saturated heterocycles. The minimum absolute atomic E-state index is 0.398. The van der Waals surface area contributed by atoms with Gasteiger partial charge in [0.05, 0.1) is 16.6 Å². The average molecular weight is 262 g/mol. The van der Waals surface area contributed by atoms with Gasteiger partial charge in [0, 0.05) is 12.7 Å². The summed E-state index contributed by atoms with van der Waals surface area (Å²) in [7, 11) is 1.75. The Morgan fingerprint density at radius 3 is 2.74 bits per heavy atom. The van der Waals surface area contributed by atoms with E-state index in [0.29, 0.717) is 28.0 Å². The van der Waals surface area contributed by atoms with Crippen LogP contribution in [0.2, 0.25) is 0 Å². The zero-order valence-corrected chi connectivity index (χ0v) is 10.9. The van der Waals surface area contributed by atoms with E-state index in [2.05, 4.69) is 15.4 Å². The summed E-state index contributed by atoms with van der Waals surface area (Å²) in [6, 6.07) is 1.63. The van der Waals surface area contributed by atoms with Gasteiger partial charge in [-0.2, -0.15) is 5.10 Å². The first kappa shape index (κ1) is 13.0. The smallest absolute Gasteiger partial charge is 0.322 e. The number of pyridine rings is 1. The van der Waals surface area contributed by atoms with Gasteiger partial charge in [0.2, 0.25) is 0 Å². The van der Waals surface area contributed by atoms with Crippen LogP contribution in [0.5, 0.6) is 0 Å². The molecular weight excluding hydrogens is 248 g/mol. The topological polar surface area (TPSA) is 97.1 Å². The summed E-state index contributed by atoms with van der Waals surface area (Å²) >= 11 is 0. The maximum Gasteiger partial charge on any atom is 0.322 e. The molecule has 0 atom stereocenters. The van der Waals surface area contributed by atoms with Gasteiger partial charge < -0.3 is 10.4 Å². The minimum Gasteiger partial charge on any atom is -0.480 e. The lowest BCUT2D eigenvalue weighted by molar-refractivity contribution is -0.135. The normalized spacial score (nSPS) is 10.7. The molecule has 100 valence electrons. The number of nitrogens with one attached hydrogen (secondary N) is 1. The van der Waals surface area contributed by atoms with Crippen LogP contribution in [0.4, 0.5) is 0 Å². The van der Waals surface area contributed by atoms with E-state index in [-0.39, 0.29) is 0 Å². The van der Waals surface area contributed by atoms with Crippen molar-refractivity contribution in [3.63, 3.8) is 0 Å². The van der Waals surface area contributed by atoms with Crippen molar-refractivity contribution in [1.82, 2.24) is 20.1 Å². The molecule has 0 aromatic carbocycles. The standard InChI is InChI=1S/C12H14N4O3/c1-6-4-8(12(19)13-5-9(17)18)10-7(2)15-16(3)11(10)14-6/h4H,5H2,1-3H3,(H,13,19)(H,17,18). The third kappa shape index (κ3) is 2.40. The summed E-state index contributed by atoms with van der Waals surface area (Å²) in [5.41, 5.74) is 2.37. The second-order valence-electron chi connectivity index (χ2n) is 4.30. The average Bonchev–Trinajstić information content (AvgIpc) is 2.61. The van der Waals surface area contributed by atoms with Crippen LogP contribution in [-0.4, -0.2) is 38.3 Å². The molecule has 2 heterocycles. The number of nitrogens with zero attached hydrogens (tertiary/aromatic N) is 3. The number of hydrogen-bond acceptors (Lipinski definition) is 4. The van der Waals surface area contributed by atoms with Crippen molar-refractivity contribution in [2.24, 2.45) is 7.05 Å². The molecule has 0 aliphatic heterocycles. The lowest BCUT2D eigenvalue weighted by atomic mass is 10.1. The first-order valence-corrected chi connectivity index (χ1v) is 5.71. The Kier molecular flexibility index (Phi) is 3.20. The Labute approximate surface area is 109 Å². The van der Waals surface area contributed by atoms with Crippen molar-refractivity contribution >= 4 is 22.9 Å². The summed E-state index contributed by atoms with van der Waals surface area (Å²) in [5.74, 6) is -1.52. The van der Waals surface area contributed by atoms with E-state index in [4.69, 9.17) is 5.11 Å². The predicted molar refractivity (Wildman–Crippen MR) is 68.0 cm³/mol. The molecule has 19 heavy (non-hydrogen) atoms. The molecule has 7 nitrogen and oxygen atoms in total. The number of hydrogen-bond donors (Lipinski definition) is 2. The van der Waals surface area contributed by atoms with Crippen molar-refractivity contribution in [2.75, 3.05) is 6.54 Å². The number of rotatable bonds is 3. The molecule has 0 radical (unpaired) electrons. The summed E-state index contributed by atoms with van der Waals surface area (Å²) in [4.78, 5) is 26.9. The fourth-order valence-corrected chi connectivity index (χ4v) is 2.00. The van der Waals surface area contributed by atoms with Crippen molar-refractivity contribution < 1.29 is 14.7 Å². The Morgan fingerprint density at radius 1 is 1.42 bits per heavy atom. The fraction of sp³-hybridized carbons (Fsp3) is 0.333. The van der Waals surface area contributed by atoms with E-state index in [1.54, 1.807) is 31.6 Å². The largest absolute Gasteiger partial charge is 0.480 e. The third-order valence-corrected chi connectivity index (χ3v) is 2.74. The molecule has 0 spiro atoms. The molecule has 1 amide bonds. The highest BCUT2D eigenvalue weighted by Crippen LogP contribution is 2.21. The van der Waals surface area contributed by atoms with E-state index >= 15 is 0 Å². The molecule has 0 aliphatic carbocycles. The van der Waals surface area contributed by atoms with Crippen molar-refractivity contribution in [3.8, 4) is 0 Å². The third-order valence-electron chi connectivity index (χ3n) is 2.74. The van der Waals surface area contributed by atoms with Crippen LogP contribution in [0, 0.1) is 13.8 Å². The molecule has 0 saturated carbocycles. The molecule has 7 heteroatoms. The fourth-order valence-electron chi connectivity index (χ4n) is 2.00. The summed E-state index contributed by atoms with van der Waals surface area (Å²) in [5, 5.41) is 15.8. The highest BCUT2D eigenvalue weighted by atomic mass is 16.4. The van der Waals surface area contributed by atoms with Crippen molar-refractivity contribution in [3.05, 3.63) is 23.0 Å². The van der Waals surface area contributed by atoms with Gasteiger partial charge in [-0.05, 0) is 19.9 Å². The van der Waals surface area contributed by atoms with Gasteiger partial charge in [-0.3, -0.25) is 14.3 Å². The van der Waals surface area contributed by atoms with Crippen LogP contribution in [0.1, 0.15) is 21.7 Å². The van der Waals surface area contributed by atoms with E-state index in [1.165, 1.54) is 0 Å². The van der Waals surface area contributed by atoms with Gasteiger partial charge in [0.15, 0.2) is 5.65 Å². The van der Waals surface area contributed by atoms with E-state index in [9.17, 15) is 9.59 Å². The molecule has 2 rings (SSSR count). The van der Waals surface area contributed by atoms with Crippen LogP contribution in [-0.2, 0) is 11.8 Å². The van der Waals surface area contributed by atoms with E-state index in [0.717, 1.165) is 0 Å². The monoisotopic (exact) mass is 262 g/mol. The van der Waals surface area contributed by atoms with Crippen LogP contribution >= 0.6 is 0 Å². The number of carboxylic acids is 1. The zero-order valence-electron chi connectivity index (χ0n) is 10.9. The first-order chi connectivity index (χ1) is 8.90. The number of carbonyl (C=O) groups excluding carboxylic acids is 1. The van der Waals surface area contributed by atoms with E-state index < -0.39 is 18.4 Å². The first-order valence-electron chi connectivity index (χ1n) is 5.71. The summed E-state index contributed by atoms with van der Waals surface area (Å²) < 4.78 is 1.60. The maximum absolute atomic E-state index is 12.0. The highest BCUT2D eigenvalue weighted by Gasteiger charge is 2.17. The number of fused-ring (bicyclic) bond motifs is 1. The van der Waals surface area contributed by atoms with Crippen molar-refractivity contribution in [1.29, 1.82) is 0 Å². The van der Waals surface area contributed by atoms with Crippen LogP contribution in [0.25, 0.3) is 11.0 Å². The number of aryl methyl sites for hydroxylation is 3. The van der Waals surface area contributed by atoms with Gasteiger partial charge in [-0.15, -0.1) is 0 Å². The number of aliphatic carboxylic acids is 1. The Morgan fingerprint density at radius 2 is 2.11 bits per heavy atom. The van der Waals surface area contributed by atoms with Gasteiger partial charge >= 0.3 is 5.97 Å². The van der Waals surface area contributed by atoms with E-state index in [1.807, 2.05) is 0 Å². The van der Waals surface area contributed by atoms with Gasteiger partial charge in [-0.25, -0.2) is 4.98 Å². The molecular formula is C12H14N4O3. The zero-order chi connectivity index (χ0) is 14.2. The lowest BCUT2D eigenvalue weighted by Gasteiger charge is -2.06. The molecule has 0 unspecified atom stereocenters. The predicted octanol–water partition coefficient (Wildman–Crippen LogP) is 0.400. The molecule has 2 aromatic rings. The van der Waals surface area contributed by atoms with Gasteiger partial charge in [0.1, 0.15) is 6.54 Å².